The van der Waals surface area contributed by atoms with Crippen LogP contribution in [0.2, 0.25) is 5.15 Å². The molecular weight excluding hydrogens is 488 g/mol. The number of ether oxygens (including phenoxy) is 1. The summed E-state index contributed by atoms with van der Waals surface area (Å²) in [7, 11) is 3.93. The molecule has 3 heterocycles. The lowest BCUT2D eigenvalue weighted by Crippen LogP contribution is -2.27. The number of nitrogens with zero attached hydrogens (tertiary/aromatic N) is 5. The highest BCUT2D eigenvalue weighted by Crippen LogP contribution is 2.43. The van der Waals surface area contributed by atoms with Gasteiger partial charge in [-0.25, -0.2) is 9.97 Å². The van der Waals surface area contributed by atoms with Crippen LogP contribution in [0.15, 0.2) is 73.1 Å². The van der Waals surface area contributed by atoms with Gasteiger partial charge in [0.25, 0.3) is 0 Å². The summed E-state index contributed by atoms with van der Waals surface area (Å²) in [6.45, 7) is 1.90. The summed E-state index contributed by atoms with van der Waals surface area (Å²) in [5.74, 6) is 1.84. The molecule has 0 saturated carbocycles. The summed E-state index contributed by atoms with van der Waals surface area (Å²) in [5.41, 5.74) is 8.66. The van der Waals surface area contributed by atoms with Crippen LogP contribution in [-0.2, 0) is 4.79 Å². The Morgan fingerprint density at radius 3 is 2.59 bits per heavy atom. The van der Waals surface area contributed by atoms with Crippen LogP contribution in [0.4, 0.5) is 5.82 Å². The van der Waals surface area contributed by atoms with Gasteiger partial charge in [0.1, 0.15) is 34.4 Å². The number of anilines is 1. The molecule has 1 amide bonds. The number of rotatable bonds is 7. The monoisotopic (exact) mass is 516 g/mol. The third kappa shape index (κ3) is 5.16. The molecule has 0 aliphatic carbocycles. The number of carbonyl (C=O) groups excluding carboxylic acids is 1. The summed E-state index contributed by atoms with van der Waals surface area (Å²) in [6, 6.07) is 17.3. The fraction of sp³-hybridized carbons (Fsp3) is 0.250. The first kappa shape index (κ1) is 24.8. The minimum absolute atomic E-state index is 0.000280. The smallest absolute Gasteiger partial charge is 0.246 e. The number of likely N-dealkylation sites (N-methyl/N-ethyl adjacent to an activating group) is 1. The van der Waals surface area contributed by atoms with Crippen molar-refractivity contribution in [3.8, 4) is 22.6 Å². The number of hydrogen-bond acceptors (Lipinski definition) is 6. The molecule has 1 unspecified atom stereocenters. The lowest BCUT2D eigenvalue weighted by Gasteiger charge is -2.17. The van der Waals surface area contributed by atoms with E-state index in [0.29, 0.717) is 47.4 Å². The van der Waals surface area contributed by atoms with E-state index in [1.165, 1.54) is 6.33 Å². The summed E-state index contributed by atoms with van der Waals surface area (Å²) >= 11 is 7.04. The standard InChI is InChI=1S/C28H29ClN6O2/c1-33(2)15-6-9-23(36)34-16-14-20(17-34)35-26(29)24(25-27(30)31-18-32-28(25)35)19-10-12-22(13-11-19)37-21-7-4-3-5-8-21/h3-13,18,20H,14-17H2,1-2H3,(H2,30,31,32). The number of nitrogen functional groups attached to an aromatic ring is 1. The maximum absolute atomic E-state index is 12.7. The first-order valence-electron chi connectivity index (χ1n) is 12.2. The van der Waals surface area contributed by atoms with Crippen molar-refractivity contribution < 1.29 is 9.53 Å². The van der Waals surface area contributed by atoms with Gasteiger partial charge < -0.3 is 24.8 Å². The number of amides is 1. The molecule has 4 aromatic rings. The molecule has 1 aliphatic heterocycles. The van der Waals surface area contributed by atoms with Gasteiger partial charge in [-0.15, -0.1) is 0 Å². The van der Waals surface area contributed by atoms with Crippen molar-refractivity contribution in [2.75, 3.05) is 39.5 Å². The van der Waals surface area contributed by atoms with E-state index in [1.54, 1.807) is 6.08 Å². The molecule has 9 heteroatoms. The Labute approximate surface area is 220 Å². The highest BCUT2D eigenvalue weighted by molar-refractivity contribution is 6.35. The van der Waals surface area contributed by atoms with Crippen LogP contribution in [0.3, 0.4) is 0 Å². The molecule has 0 radical (unpaired) electrons. The minimum atomic E-state index is -0.0232. The molecule has 37 heavy (non-hydrogen) atoms. The number of halogens is 1. The molecule has 190 valence electrons. The molecule has 2 aromatic carbocycles. The molecule has 2 N–H and O–H groups in total. The van der Waals surface area contributed by atoms with Crippen LogP contribution in [0, 0.1) is 0 Å². The second-order valence-electron chi connectivity index (χ2n) is 9.32. The van der Waals surface area contributed by atoms with E-state index in [9.17, 15) is 4.79 Å². The lowest BCUT2D eigenvalue weighted by molar-refractivity contribution is -0.125. The molecule has 1 atom stereocenters. The lowest BCUT2D eigenvalue weighted by atomic mass is 10.1. The highest BCUT2D eigenvalue weighted by Gasteiger charge is 2.31. The predicted molar refractivity (Wildman–Crippen MR) is 147 cm³/mol. The summed E-state index contributed by atoms with van der Waals surface area (Å²) in [6.07, 6.45) is 5.74. The zero-order chi connectivity index (χ0) is 25.9. The van der Waals surface area contributed by atoms with Gasteiger partial charge in [0.15, 0.2) is 0 Å². The number of nitrogens with two attached hydrogens (primary N) is 1. The Kier molecular flexibility index (Phi) is 7.12. The molecular formula is C28H29ClN6O2. The van der Waals surface area contributed by atoms with Gasteiger partial charge in [0, 0.05) is 31.3 Å². The number of fused-ring (bicyclic) bond motifs is 1. The quantitative estimate of drug-likeness (QED) is 0.347. The van der Waals surface area contributed by atoms with Gasteiger partial charge in [0.05, 0.1) is 11.4 Å². The fourth-order valence-electron chi connectivity index (χ4n) is 4.66. The first-order valence-corrected chi connectivity index (χ1v) is 12.5. The minimum Gasteiger partial charge on any atom is -0.457 e. The van der Waals surface area contributed by atoms with Gasteiger partial charge in [-0.1, -0.05) is 48.0 Å². The van der Waals surface area contributed by atoms with Crippen LogP contribution in [0.25, 0.3) is 22.2 Å². The summed E-state index contributed by atoms with van der Waals surface area (Å²) < 4.78 is 7.93. The average molecular weight is 517 g/mol. The van der Waals surface area contributed by atoms with E-state index in [-0.39, 0.29) is 11.9 Å². The molecule has 8 nitrogen and oxygen atoms in total. The number of para-hydroxylation sites is 1. The summed E-state index contributed by atoms with van der Waals surface area (Å²) in [5, 5.41) is 1.24. The Balaban J connectivity index is 1.45. The summed E-state index contributed by atoms with van der Waals surface area (Å²) in [4.78, 5) is 25.3. The molecule has 0 spiro atoms. The second-order valence-corrected chi connectivity index (χ2v) is 9.68. The van der Waals surface area contributed by atoms with Crippen molar-refractivity contribution in [3.05, 3.63) is 78.2 Å². The third-order valence-corrected chi connectivity index (χ3v) is 6.82. The highest BCUT2D eigenvalue weighted by atomic mass is 35.5. The number of hydrogen-bond donors (Lipinski definition) is 1. The third-order valence-electron chi connectivity index (χ3n) is 6.45. The number of likely N-dealkylation sites (tertiary alicyclic amines) is 1. The van der Waals surface area contributed by atoms with Crippen LogP contribution < -0.4 is 10.5 Å². The van der Waals surface area contributed by atoms with Crippen LogP contribution >= 0.6 is 11.6 Å². The molecule has 5 rings (SSSR count). The van der Waals surface area contributed by atoms with E-state index in [1.807, 2.05) is 89.1 Å². The van der Waals surface area contributed by atoms with Gasteiger partial charge >= 0.3 is 0 Å². The fourth-order valence-corrected chi connectivity index (χ4v) is 5.08. The van der Waals surface area contributed by atoms with Crippen LogP contribution in [-0.4, -0.2) is 64.0 Å². The number of carbonyl (C=O) groups is 1. The van der Waals surface area contributed by atoms with Crippen LogP contribution in [0.5, 0.6) is 11.5 Å². The SMILES string of the molecule is CN(C)CC=CC(=O)N1CCC(n2c(Cl)c(-c3ccc(Oc4ccccc4)cc3)c3c(N)ncnc32)C1. The van der Waals surface area contributed by atoms with E-state index in [0.717, 1.165) is 23.3 Å². The van der Waals surface area contributed by atoms with Crippen molar-refractivity contribution >= 4 is 34.4 Å². The number of aromatic nitrogens is 3. The molecule has 1 aliphatic rings. The molecule has 2 aromatic heterocycles. The Bertz CT molecular complexity index is 1430. The molecule has 1 fully saturated rings. The zero-order valence-electron chi connectivity index (χ0n) is 20.8. The van der Waals surface area contributed by atoms with E-state index in [4.69, 9.17) is 22.1 Å². The van der Waals surface area contributed by atoms with Crippen molar-refractivity contribution in [1.82, 2.24) is 24.3 Å². The van der Waals surface area contributed by atoms with E-state index >= 15 is 0 Å². The van der Waals surface area contributed by atoms with Crippen molar-refractivity contribution in [3.63, 3.8) is 0 Å². The predicted octanol–water partition coefficient (Wildman–Crippen LogP) is 5.02. The average Bonchev–Trinajstić information content (AvgIpc) is 3.48. The molecule has 1 saturated heterocycles. The van der Waals surface area contributed by atoms with Gasteiger partial charge in [-0.2, -0.15) is 0 Å². The topological polar surface area (TPSA) is 89.5 Å². The maximum Gasteiger partial charge on any atom is 0.246 e. The van der Waals surface area contributed by atoms with Crippen molar-refractivity contribution in [2.45, 2.75) is 12.5 Å². The Hall–Kier alpha value is -3.88. The van der Waals surface area contributed by atoms with E-state index in [2.05, 4.69) is 9.97 Å². The Morgan fingerprint density at radius 1 is 1.14 bits per heavy atom. The Morgan fingerprint density at radius 2 is 1.86 bits per heavy atom. The largest absolute Gasteiger partial charge is 0.457 e. The van der Waals surface area contributed by atoms with Crippen molar-refractivity contribution in [2.24, 2.45) is 0 Å². The number of benzene rings is 2. The van der Waals surface area contributed by atoms with Gasteiger partial charge in [-0.05, 0) is 50.3 Å². The van der Waals surface area contributed by atoms with Gasteiger partial charge in [0.2, 0.25) is 5.91 Å². The normalized spacial score (nSPS) is 15.8. The second kappa shape index (κ2) is 10.6. The van der Waals surface area contributed by atoms with Crippen molar-refractivity contribution in [1.29, 1.82) is 0 Å². The van der Waals surface area contributed by atoms with Gasteiger partial charge in [-0.3, -0.25) is 4.79 Å². The zero-order valence-corrected chi connectivity index (χ0v) is 21.6. The van der Waals surface area contributed by atoms with Crippen LogP contribution in [0.1, 0.15) is 12.5 Å². The maximum atomic E-state index is 12.7. The van der Waals surface area contributed by atoms with E-state index < -0.39 is 0 Å². The molecule has 0 bridgehead atoms. The first-order chi connectivity index (χ1) is 17.9.